The molecule has 0 spiro atoms. The fourth-order valence-corrected chi connectivity index (χ4v) is 5.26. The molecule has 0 bridgehead atoms. The van der Waals surface area contributed by atoms with E-state index < -0.39 is 11.5 Å². The Hall–Kier alpha value is -1.96. The van der Waals surface area contributed by atoms with E-state index in [4.69, 9.17) is 5.73 Å². The van der Waals surface area contributed by atoms with Crippen molar-refractivity contribution in [3.05, 3.63) is 71.8 Å². The molecule has 0 radical (unpaired) electrons. The fourth-order valence-electron chi connectivity index (χ4n) is 3.07. The average Bonchev–Trinajstić information content (AvgIpc) is 2.82. The summed E-state index contributed by atoms with van der Waals surface area (Å²) >= 11 is 3.39. The summed E-state index contributed by atoms with van der Waals surface area (Å²) in [5.41, 5.74) is 7.40. The van der Waals surface area contributed by atoms with Crippen molar-refractivity contribution < 1.29 is 9.59 Å². The van der Waals surface area contributed by atoms with E-state index in [0.717, 1.165) is 24.3 Å². The van der Waals surface area contributed by atoms with E-state index in [1.54, 1.807) is 23.5 Å². The van der Waals surface area contributed by atoms with Crippen LogP contribution < -0.4 is 16.4 Å². The number of carbonyl (C=O) groups is 2. The predicted octanol–water partition coefficient (Wildman–Crippen LogP) is 4.22. The van der Waals surface area contributed by atoms with Crippen molar-refractivity contribution in [1.29, 1.82) is 0 Å². The minimum absolute atomic E-state index is 0.0921. The molecular formula is C26H37N3O2S2. The minimum atomic E-state index is -0.582. The number of carbonyl (C=O) groups excluding carboxylic acids is 2. The number of hydrogen-bond acceptors (Lipinski definition) is 5. The molecule has 0 fully saturated rings. The van der Waals surface area contributed by atoms with Crippen molar-refractivity contribution in [3.63, 3.8) is 0 Å². The smallest absolute Gasteiger partial charge is 0.243 e. The van der Waals surface area contributed by atoms with Crippen LogP contribution in [0.5, 0.6) is 0 Å². The molecule has 7 heteroatoms. The Labute approximate surface area is 207 Å². The van der Waals surface area contributed by atoms with E-state index in [1.165, 1.54) is 11.1 Å². The van der Waals surface area contributed by atoms with Gasteiger partial charge in [-0.1, -0.05) is 74.5 Å². The van der Waals surface area contributed by atoms with E-state index in [-0.39, 0.29) is 11.8 Å². The van der Waals surface area contributed by atoms with Gasteiger partial charge in [-0.05, 0) is 30.5 Å². The monoisotopic (exact) mass is 487 g/mol. The van der Waals surface area contributed by atoms with Crippen molar-refractivity contribution >= 4 is 35.3 Å². The van der Waals surface area contributed by atoms with E-state index in [9.17, 15) is 9.59 Å². The molecule has 0 aliphatic rings. The largest absolute Gasteiger partial charge is 0.354 e. The highest BCUT2D eigenvalue weighted by Crippen LogP contribution is 2.25. The van der Waals surface area contributed by atoms with Gasteiger partial charge in [0.05, 0.1) is 5.41 Å². The maximum atomic E-state index is 13.1. The van der Waals surface area contributed by atoms with Crippen LogP contribution in [0, 0.1) is 5.41 Å². The Morgan fingerprint density at radius 1 is 0.909 bits per heavy atom. The summed E-state index contributed by atoms with van der Waals surface area (Å²) in [6.45, 7) is 5.06. The van der Waals surface area contributed by atoms with E-state index in [2.05, 4.69) is 34.9 Å². The second-order valence-electron chi connectivity index (χ2n) is 8.68. The second kappa shape index (κ2) is 15.0. The molecule has 33 heavy (non-hydrogen) atoms. The summed E-state index contributed by atoms with van der Waals surface area (Å²) in [5, 5.41) is 5.98. The standard InChI is InChI=1S/C26H37N3O2S2/c1-26(2,20-33-18-22-13-7-4-8-14-22)25(31)29-23(24(30)28-16-10-9-15-27)19-32-17-21-11-5-3-6-12-21/h3-8,11-14,23H,9-10,15-20,27H2,1-2H3,(H,28,30)(H,29,31)/t23-/m0/s1. The van der Waals surface area contributed by atoms with Gasteiger partial charge < -0.3 is 16.4 Å². The third-order valence-corrected chi connectivity index (χ3v) is 7.71. The fraction of sp³-hybridized carbons (Fsp3) is 0.462. The first kappa shape index (κ1) is 27.3. The van der Waals surface area contributed by atoms with Crippen molar-refractivity contribution in [1.82, 2.24) is 10.6 Å². The summed E-state index contributed by atoms with van der Waals surface area (Å²) in [5.74, 6) is 2.63. The number of thioether (sulfide) groups is 2. The number of benzene rings is 2. The number of nitrogens with one attached hydrogen (secondary N) is 2. The Bertz CT molecular complexity index is 832. The topological polar surface area (TPSA) is 84.2 Å². The Morgan fingerprint density at radius 2 is 1.48 bits per heavy atom. The maximum Gasteiger partial charge on any atom is 0.243 e. The van der Waals surface area contributed by atoms with Crippen LogP contribution in [0.25, 0.3) is 0 Å². The number of hydrogen-bond donors (Lipinski definition) is 3. The van der Waals surface area contributed by atoms with Crippen LogP contribution in [0.4, 0.5) is 0 Å². The summed E-state index contributed by atoms with van der Waals surface area (Å²) < 4.78 is 0. The van der Waals surface area contributed by atoms with Gasteiger partial charge in [0, 0.05) is 29.6 Å². The van der Waals surface area contributed by atoms with Gasteiger partial charge >= 0.3 is 0 Å². The zero-order valence-electron chi connectivity index (χ0n) is 19.7. The van der Waals surface area contributed by atoms with Gasteiger partial charge in [-0.15, -0.1) is 0 Å². The molecule has 1 atom stereocenters. The zero-order valence-corrected chi connectivity index (χ0v) is 21.4. The van der Waals surface area contributed by atoms with Gasteiger partial charge in [0.2, 0.25) is 11.8 Å². The lowest BCUT2D eigenvalue weighted by Gasteiger charge is -2.27. The SMILES string of the molecule is CC(C)(CSCc1ccccc1)C(=O)N[C@@H](CSCc1ccccc1)C(=O)NCCCCN. The molecule has 0 aliphatic heterocycles. The molecule has 0 unspecified atom stereocenters. The lowest BCUT2D eigenvalue weighted by atomic mass is 9.95. The first-order chi connectivity index (χ1) is 15.9. The second-order valence-corrected chi connectivity index (χ2v) is 10.7. The highest BCUT2D eigenvalue weighted by molar-refractivity contribution is 7.98. The van der Waals surface area contributed by atoms with E-state index in [0.29, 0.717) is 24.6 Å². The molecule has 0 aromatic heterocycles. The van der Waals surface area contributed by atoms with Crippen LogP contribution in [0.2, 0.25) is 0 Å². The van der Waals surface area contributed by atoms with Crippen molar-refractivity contribution in [2.75, 3.05) is 24.6 Å². The number of nitrogens with two attached hydrogens (primary N) is 1. The summed E-state index contributed by atoms with van der Waals surface area (Å²) in [7, 11) is 0. The molecule has 2 amide bonds. The molecule has 2 aromatic carbocycles. The zero-order chi connectivity index (χ0) is 23.9. The summed E-state index contributed by atoms with van der Waals surface area (Å²) in [6.07, 6.45) is 1.70. The predicted molar refractivity (Wildman–Crippen MR) is 142 cm³/mol. The molecule has 0 aliphatic carbocycles. The third kappa shape index (κ3) is 10.7. The lowest BCUT2D eigenvalue weighted by molar-refractivity contribution is -0.132. The van der Waals surface area contributed by atoms with E-state index >= 15 is 0 Å². The van der Waals surface area contributed by atoms with Crippen LogP contribution in [0.15, 0.2) is 60.7 Å². The number of amides is 2. The molecular weight excluding hydrogens is 450 g/mol. The highest BCUT2D eigenvalue weighted by Gasteiger charge is 2.31. The molecule has 180 valence electrons. The number of unbranched alkanes of at least 4 members (excludes halogenated alkanes) is 1. The van der Waals surface area contributed by atoms with E-state index in [1.807, 2.05) is 50.2 Å². The van der Waals surface area contributed by atoms with Gasteiger partial charge in [-0.3, -0.25) is 9.59 Å². The van der Waals surface area contributed by atoms with Crippen molar-refractivity contribution in [2.45, 2.75) is 44.2 Å². The van der Waals surface area contributed by atoms with Crippen LogP contribution >= 0.6 is 23.5 Å². The molecule has 2 rings (SSSR count). The van der Waals surface area contributed by atoms with Crippen molar-refractivity contribution in [2.24, 2.45) is 11.1 Å². The van der Waals surface area contributed by atoms with Gasteiger partial charge in [0.25, 0.3) is 0 Å². The average molecular weight is 488 g/mol. The van der Waals surface area contributed by atoms with Gasteiger partial charge in [-0.25, -0.2) is 0 Å². The van der Waals surface area contributed by atoms with Crippen LogP contribution in [-0.2, 0) is 21.1 Å². The maximum absolute atomic E-state index is 13.1. The Kier molecular flexibility index (Phi) is 12.4. The van der Waals surface area contributed by atoms with Gasteiger partial charge in [0.1, 0.15) is 6.04 Å². The molecule has 0 heterocycles. The van der Waals surface area contributed by atoms with Crippen LogP contribution in [0.3, 0.4) is 0 Å². The van der Waals surface area contributed by atoms with Gasteiger partial charge in [0.15, 0.2) is 0 Å². The van der Waals surface area contributed by atoms with Crippen LogP contribution in [0.1, 0.15) is 37.8 Å². The van der Waals surface area contributed by atoms with Crippen molar-refractivity contribution in [3.8, 4) is 0 Å². The first-order valence-corrected chi connectivity index (χ1v) is 13.8. The first-order valence-electron chi connectivity index (χ1n) is 11.4. The minimum Gasteiger partial charge on any atom is -0.354 e. The summed E-state index contributed by atoms with van der Waals surface area (Å²) in [4.78, 5) is 25.9. The molecule has 0 saturated carbocycles. The lowest BCUT2D eigenvalue weighted by Crippen LogP contribution is -2.52. The quantitative estimate of drug-likeness (QED) is 0.328. The molecule has 5 nitrogen and oxygen atoms in total. The van der Waals surface area contributed by atoms with Gasteiger partial charge in [-0.2, -0.15) is 23.5 Å². The molecule has 2 aromatic rings. The normalized spacial score (nSPS) is 12.2. The molecule has 0 saturated heterocycles. The highest BCUT2D eigenvalue weighted by atomic mass is 32.2. The third-order valence-electron chi connectivity index (χ3n) is 5.14. The van der Waals surface area contributed by atoms with Crippen LogP contribution in [-0.4, -0.2) is 42.5 Å². The Balaban J connectivity index is 1.90. The summed E-state index contributed by atoms with van der Waals surface area (Å²) in [6, 6.07) is 19.8. The number of rotatable bonds is 15. The Morgan fingerprint density at radius 3 is 2.06 bits per heavy atom. The molecule has 4 N–H and O–H groups in total.